The lowest BCUT2D eigenvalue weighted by molar-refractivity contribution is 0.0686. The van der Waals surface area contributed by atoms with Crippen LogP contribution in [0.25, 0.3) is 0 Å². The molecule has 0 amide bonds. The Balaban J connectivity index is 1.57. The maximum absolute atomic E-state index is 9.90. The van der Waals surface area contributed by atoms with E-state index in [4.69, 9.17) is 4.74 Å². The van der Waals surface area contributed by atoms with Gasteiger partial charge >= 0.3 is 0 Å². The van der Waals surface area contributed by atoms with Gasteiger partial charge < -0.3 is 20.1 Å². The van der Waals surface area contributed by atoms with Crippen LogP contribution in [-0.4, -0.2) is 61.5 Å². The highest BCUT2D eigenvalue weighted by Gasteiger charge is 2.18. The number of rotatable bonds is 5. The van der Waals surface area contributed by atoms with Gasteiger partial charge in [-0.1, -0.05) is 0 Å². The summed E-state index contributed by atoms with van der Waals surface area (Å²) in [7, 11) is 0. The number of likely N-dealkylation sites (tertiary alicyclic amines) is 1. The Hall–Kier alpha value is -0.160. The maximum Gasteiger partial charge on any atom is 0.0791 e. The summed E-state index contributed by atoms with van der Waals surface area (Å²) >= 11 is 0. The van der Waals surface area contributed by atoms with Crippen LogP contribution in [0.4, 0.5) is 0 Å². The summed E-state index contributed by atoms with van der Waals surface area (Å²) in [5.74, 6) is 0. The van der Waals surface area contributed by atoms with Gasteiger partial charge in [0.2, 0.25) is 0 Å². The Morgan fingerprint density at radius 2 is 1.94 bits per heavy atom. The van der Waals surface area contributed by atoms with Crippen molar-refractivity contribution in [1.29, 1.82) is 0 Å². The van der Waals surface area contributed by atoms with Crippen LogP contribution in [0.15, 0.2) is 0 Å². The second-order valence-corrected chi connectivity index (χ2v) is 4.96. The van der Waals surface area contributed by atoms with Crippen molar-refractivity contribution in [3.63, 3.8) is 0 Å². The average Bonchev–Trinajstić information content (AvgIpc) is 2.81. The Morgan fingerprint density at radius 3 is 2.62 bits per heavy atom. The number of β-amino-alcohol motifs (C(OH)–C–C–N with tert-alkyl or cyclic N) is 1. The summed E-state index contributed by atoms with van der Waals surface area (Å²) in [6.07, 6.45) is 4.52. The zero-order chi connectivity index (χ0) is 11.2. The topological polar surface area (TPSA) is 44.7 Å². The molecule has 0 radical (unpaired) electrons. The summed E-state index contributed by atoms with van der Waals surface area (Å²) in [6.45, 7) is 5.60. The molecule has 1 atom stereocenters. The molecule has 16 heavy (non-hydrogen) atoms. The van der Waals surface area contributed by atoms with Crippen molar-refractivity contribution in [2.75, 3.05) is 39.4 Å². The molecule has 0 spiro atoms. The molecule has 4 nitrogen and oxygen atoms in total. The van der Waals surface area contributed by atoms with Crippen molar-refractivity contribution in [2.45, 2.75) is 37.8 Å². The Kier molecular flexibility index (Phi) is 5.03. The number of hydrogen-bond acceptors (Lipinski definition) is 4. The van der Waals surface area contributed by atoms with E-state index in [0.29, 0.717) is 6.04 Å². The van der Waals surface area contributed by atoms with Gasteiger partial charge in [0.1, 0.15) is 0 Å². The van der Waals surface area contributed by atoms with Crippen molar-refractivity contribution >= 4 is 0 Å². The van der Waals surface area contributed by atoms with Crippen LogP contribution in [-0.2, 0) is 4.74 Å². The Bertz CT molecular complexity index is 189. The molecule has 2 heterocycles. The molecule has 0 aromatic carbocycles. The van der Waals surface area contributed by atoms with E-state index in [1.54, 1.807) is 0 Å². The van der Waals surface area contributed by atoms with Gasteiger partial charge in [0, 0.05) is 32.3 Å². The molecule has 2 saturated heterocycles. The van der Waals surface area contributed by atoms with Crippen molar-refractivity contribution < 1.29 is 9.84 Å². The maximum atomic E-state index is 9.90. The van der Waals surface area contributed by atoms with Crippen molar-refractivity contribution in [3.05, 3.63) is 0 Å². The predicted octanol–water partition coefficient (Wildman–Crippen LogP) is 0.212. The summed E-state index contributed by atoms with van der Waals surface area (Å²) in [4.78, 5) is 2.36. The number of aliphatic hydroxyl groups excluding tert-OH is 1. The van der Waals surface area contributed by atoms with Gasteiger partial charge in [-0.05, 0) is 38.8 Å². The van der Waals surface area contributed by atoms with E-state index in [1.165, 1.54) is 12.8 Å². The SMILES string of the molecule is OC(CNC1CCOCC1)CN1CCCC1. The third kappa shape index (κ3) is 4.01. The van der Waals surface area contributed by atoms with E-state index in [-0.39, 0.29) is 6.10 Å². The molecule has 0 bridgehead atoms. The van der Waals surface area contributed by atoms with E-state index >= 15 is 0 Å². The molecule has 0 aromatic rings. The lowest BCUT2D eigenvalue weighted by Gasteiger charge is -2.26. The van der Waals surface area contributed by atoms with Crippen molar-refractivity contribution in [3.8, 4) is 0 Å². The first-order chi connectivity index (χ1) is 7.84. The van der Waals surface area contributed by atoms with E-state index in [2.05, 4.69) is 10.2 Å². The van der Waals surface area contributed by atoms with E-state index in [0.717, 1.165) is 52.2 Å². The molecule has 94 valence electrons. The lowest BCUT2D eigenvalue weighted by Crippen LogP contribution is -2.42. The summed E-state index contributed by atoms with van der Waals surface area (Å²) in [6, 6.07) is 0.543. The van der Waals surface area contributed by atoms with Crippen LogP contribution in [0.1, 0.15) is 25.7 Å². The fourth-order valence-corrected chi connectivity index (χ4v) is 2.53. The third-order valence-corrected chi connectivity index (χ3v) is 3.53. The van der Waals surface area contributed by atoms with Crippen LogP contribution in [0, 0.1) is 0 Å². The van der Waals surface area contributed by atoms with E-state index < -0.39 is 0 Å². The fraction of sp³-hybridized carbons (Fsp3) is 1.00. The summed E-state index contributed by atoms with van der Waals surface area (Å²) in [5.41, 5.74) is 0. The smallest absolute Gasteiger partial charge is 0.0791 e. The van der Waals surface area contributed by atoms with E-state index in [9.17, 15) is 5.11 Å². The average molecular weight is 228 g/mol. The van der Waals surface area contributed by atoms with Gasteiger partial charge in [0.25, 0.3) is 0 Å². The molecule has 2 N–H and O–H groups in total. The van der Waals surface area contributed by atoms with Crippen molar-refractivity contribution in [1.82, 2.24) is 10.2 Å². The zero-order valence-electron chi connectivity index (χ0n) is 10.0. The summed E-state index contributed by atoms with van der Waals surface area (Å²) in [5, 5.41) is 13.3. The monoisotopic (exact) mass is 228 g/mol. The number of nitrogens with one attached hydrogen (secondary N) is 1. The highest BCUT2D eigenvalue weighted by atomic mass is 16.5. The Morgan fingerprint density at radius 1 is 1.25 bits per heavy atom. The third-order valence-electron chi connectivity index (χ3n) is 3.53. The molecular weight excluding hydrogens is 204 g/mol. The first kappa shape index (κ1) is 12.3. The Labute approximate surface area is 98.0 Å². The van der Waals surface area contributed by atoms with Crippen LogP contribution >= 0.6 is 0 Å². The van der Waals surface area contributed by atoms with Crippen molar-refractivity contribution in [2.24, 2.45) is 0 Å². The fourth-order valence-electron chi connectivity index (χ4n) is 2.53. The molecule has 0 saturated carbocycles. The largest absolute Gasteiger partial charge is 0.390 e. The zero-order valence-corrected chi connectivity index (χ0v) is 10.0. The molecule has 2 fully saturated rings. The number of nitrogens with zero attached hydrogens (tertiary/aromatic N) is 1. The molecule has 1 unspecified atom stereocenters. The van der Waals surface area contributed by atoms with Crippen LogP contribution in [0.2, 0.25) is 0 Å². The predicted molar refractivity (Wildman–Crippen MR) is 63.5 cm³/mol. The summed E-state index contributed by atoms with van der Waals surface area (Å²) < 4.78 is 5.30. The molecule has 4 heteroatoms. The normalized spacial score (nSPS) is 26.1. The number of ether oxygens (including phenoxy) is 1. The van der Waals surface area contributed by atoms with E-state index in [1.807, 2.05) is 0 Å². The minimum Gasteiger partial charge on any atom is -0.390 e. The lowest BCUT2D eigenvalue weighted by atomic mass is 10.1. The second-order valence-electron chi connectivity index (χ2n) is 4.96. The number of hydrogen-bond donors (Lipinski definition) is 2. The molecule has 2 aliphatic heterocycles. The van der Waals surface area contributed by atoms with Gasteiger partial charge in [0.05, 0.1) is 6.10 Å². The van der Waals surface area contributed by atoms with Crippen LogP contribution < -0.4 is 5.32 Å². The molecule has 2 aliphatic rings. The first-order valence-corrected chi connectivity index (χ1v) is 6.56. The first-order valence-electron chi connectivity index (χ1n) is 6.56. The molecule has 0 aromatic heterocycles. The number of aliphatic hydroxyl groups is 1. The van der Waals surface area contributed by atoms with Gasteiger partial charge in [-0.3, -0.25) is 0 Å². The van der Waals surface area contributed by atoms with Gasteiger partial charge in [0.15, 0.2) is 0 Å². The standard InChI is InChI=1S/C12H24N2O2/c15-12(10-14-5-1-2-6-14)9-13-11-3-7-16-8-4-11/h11-13,15H,1-10H2. The highest BCUT2D eigenvalue weighted by molar-refractivity contribution is 4.75. The molecule has 0 aliphatic carbocycles. The second kappa shape index (κ2) is 6.55. The van der Waals surface area contributed by atoms with Crippen LogP contribution in [0.5, 0.6) is 0 Å². The minimum atomic E-state index is -0.221. The minimum absolute atomic E-state index is 0.221. The molecule has 2 rings (SSSR count). The van der Waals surface area contributed by atoms with Gasteiger partial charge in [-0.25, -0.2) is 0 Å². The van der Waals surface area contributed by atoms with Gasteiger partial charge in [-0.2, -0.15) is 0 Å². The highest BCUT2D eigenvalue weighted by Crippen LogP contribution is 2.08. The van der Waals surface area contributed by atoms with Gasteiger partial charge in [-0.15, -0.1) is 0 Å². The quantitative estimate of drug-likeness (QED) is 0.706. The molecular formula is C12H24N2O2. The van der Waals surface area contributed by atoms with Crippen LogP contribution in [0.3, 0.4) is 0 Å².